The molecular formula is C14H17FN2. The third-order valence-corrected chi connectivity index (χ3v) is 2.74. The second-order valence-corrected chi connectivity index (χ2v) is 4.09. The maximum atomic E-state index is 13.6. The van der Waals surface area contributed by atoms with Gasteiger partial charge in [-0.3, -0.25) is 0 Å². The Bertz CT molecular complexity index is 523. The molecule has 0 fully saturated rings. The Hall–Kier alpha value is -1.64. The summed E-state index contributed by atoms with van der Waals surface area (Å²) in [4.78, 5) is 4.40. The average molecular weight is 232 g/mol. The highest BCUT2D eigenvalue weighted by molar-refractivity contribution is 5.82. The van der Waals surface area contributed by atoms with Crippen molar-refractivity contribution in [1.29, 1.82) is 0 Å². The molecule has 0 amide bonds. The van der Waals surface area contributed by atoms with Crippen molar-refractivity contribution >= 4 is 16.7 Å². The van der Waals surface area contributed by atoms with Gasteiger partial charge in [0.1, 0.15) is 17.2 Å². The van der Waals surface area contributed by atoms with E-state index in [0.29, 0.717) is 5.52 Å². The molecule has 0 aliphatic carbocycles. The van der Waals surface area contributed by atoms with Crippen LogP contribution in [0.25, 0.3) is 10.9 Å². The maximum Gasteiger partial charge on any atom is 0.149 e. The molecule has 90 valence electrons. The number of halogens is 1. The highest BCUT2D eigenvalue weighted by atomic mass is 19.1. The summed E-state index contributed by atoms with van der Waals surface area (Å²) in [7, 11) is 0. The first-order valence-corrected chi connectivity index (χ1v) is 6.08. The summed E-state index contributed by atoms with van der Waals surface area (Å²) in [6, 6.07) is 7.11. The van der Waals surface area contributed by atoms with Crippen LogP contribution in [-0.2, 0) is 6.42 Å². The molecule has 2 rings (SSSR count). The van der Waals surface area contributed by atoms with Crippen molar-refractivity contribution < 1.29 is 4.39 Å². The van der Waals surface area contributed by atoms with Gasteiger partial charge in [-0.25, -0.2) is 9.37 Å². The number of nitrogens with zero attached hydrogens (tertiary/aromatic N) is 1. The van der Waals surface area contributed by atoms with E-state index >= 15 is 0 Å². The quantitative estimate of drug-likeness (QED) is 0.868. The fourth-order valence-corrected chi connectivity index (χ4v) is 1.99. The number of nitrogens with one attached hydrogen (secondary N) is 1. The van der Waals surface area contributed by atoms with Gasteiger partial charge in [0.2, 0.25) is 0 Å². The fourth-order valence-electron chi connectivity index (χ4n) is 1.99. The zero-order valence-electron chi connectivity index (χ0n) is 10.3. The van der Waals surface area contributed by atoms with Gasteiger partial charge in [-0.1, -0.05) is 25.5 Å². The van der Waals surface area contributed by atoms with Crippen LogP contribution in [0.1, 0.15) is 25.8 Å². The van der Waals surface area contributed by atoms with Crippen molar-refractivity contribution in [3.63, 3.8) is 0 Å². The average Bonchev–Trinajstić information content (AvgIpc) is 2.32. The van der Waals surface area contributed by atoms with Crippen LogP contribution in [0.4, 0.5) is 10.2 Å². The minimum Gasteiger partial charge on any atom is -0.370 e. The third kappa shape index (κ3) is 2.38. The molecule has 0 bridgehead atoms. The van der Waals surface area contributed by atoms with Crippen LogP contribution in [0.2, 0.25) is 0 Å². The van der Waals surface area contributed by atoms with Gasteiger partial charge < -0.3 is 5.32 Å². The van der Waals surface area contributed by atoms with E-state index in [2.05, 4.69) is 17.2 Å². The molecule has 0 spiro atoms. The van der Waals surface area contributed by atoms with Gasteiger partial charge in [-0.15, -0.1) is 0 Å². The van der Waals surface area contributed by atoms with Crippen LogP contribution < -0.4 is 5.32 Å². The van der Waals surface area contributed by atoms with E-state index in [1.54, 1.807) is 6.07 Å². The van der Waals surface area contributed by atoms with Crippen molar-refractivity contribution in [1.82, 2.24) is 4.98 Å². The summed E-state index contributed by atoms with van der Waals surface area (Å²) in [5.41, 5.74) is 1.61. The van der Waals surface area contributed by atoms with Gasteiger partial charge in [0.25, 0.3) is 0 Å². The molecule has 3 heteroatoms. The van der Waals surface area contributed by atoms with Crippen molar-refractivity contribution in [3.8, 4) is 0 Å². The molecular weight excluding hydrogens is 215 g/mol. The number of pyridine rings is 1. The van der Waals surface area contributed by atoms with Gasteiger partial charge in [0.05, 0.1) is 0 Å². The molecule has 1 aromatic carbocycles. The minimum atomic E-state index is -0.260. The Morgan fingerprint density at radius 2 is 2.12 bits per heavy atom. The molecule has 0 aliphatic heterocycles. The number of aryl methyl sites for hydroxylation is 1. The summed E-state index contributed by atoms with van der Waals surface area (Å²) < 4.78 is 13.6. The van der Waals surface area contributed by atoms with Crippen molar-refractivity contribution in [3.05, 3.63) is 35.6 Å². The normalized spacial score (nSPS) is 10.8. The fraction of sp³-hybridized carbons (Fsp3) is 0.357. The van der Waals surface area contributed by atoms with E-state index in [4.69, 9.17) is 0 Å². The predicted molar refractivity (Wildman–Crippen MR) is 69.9 cm³/mol. The number of aromatic nitrogens is 1. The first kappa shape index (κ1) is 11.8. The van der Waals surface area contributed by atoms with Gasteiger partial charge in [-0.05, 0) is 31.0 Å². The summed E-state index contributed by atoms with van der Waals surface area (Å²) in [5, 5.41) is 4.07. The number of rotatable bonds is 4. The summed E-state index contributed by atoms with van der Waals surface area (Å²) in [5.74, 6) is 0.552. The molecule has 1 aromatic heterocycles. The lowest BCUT2D eigenvalue weighted by molar-refractivity contribution is 0.637. The Balaban J connectivity index is 2.59. The third-order valence-electron chi connectivity index (χ3n) is 2.74. The number of anilines is 1. The van der Waals surface area contributed by atoms with Crippen molar-refractivity contribution in [2.24, 2.45) is 0 Å². The first-order chi connectivity index (χ1) is 8.26. The van der Waals surface area contributed by atoms with E-state index in [-0.39, 0.29) is 5.82 Å². The maximum absolute atomic E-state index is 13.6. The molecule has 0 atom stereocenters. The van der Waals surface area contributed by atoms with Crippen LogP contribution in [0, 0.1) is 5.82 Å². The lowest BCUT2D eigenvalue weighted by atomic mass is 10.1. The number of fused-ring (bicyclic) bond motifs is 1. The minimum absolute atomic E-state index is 0.260. The standard InChI is InChI=1S/C14H17FN2/c1-3-6-11-9-10-7-5-8-12(15)13(10)17-14(11)16-4-2/h5,7-9H,3-4,6H2,1-2H3,(H,16,17). The molecule has 0 unspecified atom stereocenters. The zero-order chi connectivity index (χ0) is 12.3. The Morgan fingerprint density at radius 1 is 1.29 bits per heavy atom. The van der Waals surface area contributed by atoms with E-state index in [1.807, 2.05) is 19.1 Å². The number of hydrogen-bond donors (Lipinski definition) is 1. The summed E-state index contributed by atoms with van der Waals surface area (Å²) in [6.07, 6.45) is 2.02. The zero-order valence-corrected chi connectivity index (χ0v) is 10.3. The van der Waals surface area contributed by atoms with Gasteiger partial charge in [0, 0.05) is 11.9 Å². The lowest BCUT2D eigenvalue weighted by Crippen LogP contribution is -2.04. The smallest absolute Gasteiger partial charge is 0.149 e. The molecule has 0 saturated heterocycles. The highest BCUT2D eigenvalue weighted by Crippen LogP contribution is 2.23. The Labute approximate surface area is 101 Å². The molecule has 0 aliphatic rings. The molecule has 0 radical (unpaired) electrons. The SMILES string of the molecule is CCCc1cc2cccc(F)c2nc1NCC. The van der Waals surface area contributed by atoms with Gasteiger partial charge in [-0.2, -0.15) is 0 Å². The first-order valence-electron chi connectivity index (χ1n) is 6.08. The lowest BCUT2D eigenvalue weighted by Gasteiger charge is -2.11. The molecule has 0 saturated carbocycles. The van der Waals surface area contributed by atoms with Crippen LogP contribution in [0.15, 0.2) is 24.3 Å². The largest absolute Gasteiger partial charge is 0.370 e. The second kappa shape index (κ2) is 5.13. The summed E-state index contributed by atoms with van der Waals surface area (Å²) in [6.45, 7) is 4.94. The number of para-hydroxylation sites is 1. The van der Waals surface area contributed by atoms with Crippen molar-refractivity contribution in [2.75, 3.05) is 11.9 Å². The van der Waals surface area contributed by atoms with Crippen LogP contribution in [0.5, 0.6) is 0 Å². The number of hydrogen-bond acceptors (Lipinski definition) is 2. The summed E-state index contributed by atoms with van der Waals surface area (Å²) >= 11 is 0. The van der Waals surface area contributed by atoms with Crippen LogP contribution >= 0.6 is 0 Å². The molecule has 1 N–H and O–H groups in total. The molecule has 2 nitrogen and oxygen atoms in total. The molecule has 2 aromatic rings. The van der Waals surface area contributed by atoms with E-state index in [0.717, 1.165) is 36.2 Å². The second-order valence-electron chi connectivity index (χ2n) is 4.09. The van der Waals surface area contributed by atoms with E-state index < -0.39 is 0 Å². The Morgan fingerprint density at radius 3 is 2.82 bits per heavy atom. The van der Waals surface area contributed by atoms with Crippen molar-refractivity contribution in [2.45, 2.75) is 26.7 Å². The number of benzene rings is 1. The molecule has 1 heterocycles. The van der Waals surface area contributed by atoms with Gasteiger partial charge >= 0.3 is 0 Å². The van der Waals surface area contributed by atoms with Gasteiger partial charge in [0.15, 0.2) is 0 Å². The Kier molecular flexibility index (Phi) is 3.57. The van der Waals surface area contributed by atoms with Crippen LogP contribution in [-0.4, -0.2) is 11.5 Å². The monoisotopic (exact) mass is 232 g/mol. The topological polar surface area (TPSA) is 24.9 Å². The molecule has 17 heavy (non-hydrogen) atoms. The predicted octanol–water partition coefficient (Wildman–Crippen LogP) is 3.76. The highest BCUT2D eigenvalue weighted by Gasteiger charge is 2.08. The van der Waals surface area contributed by atoms with E-state index in [1.165, 1.54) is 6.07 Å². The van der Waals surface area contributed by atoms with E-state index in [9.17, 15) is 4.39 Å². The van der Waals surface area contributed by atoms with Crippen LogP contribution in [0.3, 0.4) is 0 Å².